The molecule has 0 saturated carbocycles. The van der Waals surface area contributed by atoms with Crippen LogP contribution in [0.15, 0.2) is 62.2 Å². The fourth-order valence-electron chi connectivity index (χ4n) is 1.09. The molecule has 0 aliphatic carbocycles. The Kier molecular flexibility index (Phi) is 4.08. The smallest absolute Gasteiger partial charge is 0.0273 e. The van der Waals surface area contributed by atoms with E-state index >= 15 is 0 Å². The highest BCUT2D eigenvalue weighted by atomic mass is 14.6. The lowest BCUT2D eigenvalue weighted by Gasteiger charge is -1.97. The van der Waals surface area contributed by atoms with Gasteiger partial charge in [-0.15, -0.1) is 13.2 Å². The van der Waals surface area contributed by atoms with Crippen molar-refractivity contribution in [2.45, 2.75) is 0 Å². The van der Waals surface area contributed by atoms with Gasteiger partial charge in [-0.2, -0.15) is 0 Å². The third-order valence-electron chi connectivity index (χ3n) is 1.69. The summed E-state index contributed by atoms with van der Waals surface area (Å²) in [5.74, 6) is 0. The lowest BCUT2D eigenvalue weighted by atomic mass is 10.1. The van der Waals surface area contributed by atoms with Crippen LogP contribution in [0, 0.1) is 0 Å². The number of hydrogen-bond donors (Lipinski definition) is 0. The summed E-state index contributed by atoms with van der Waals surface area (Å²) in [7, 11) is 0. The number of nitrogens with zero attached hydrogens (tertiary/aromatic N) is 2. The highest BCUT2D eigenvalue weighted by Crippen LogP contribution is 2.15. The summed E-state index contributed by atoms with van der Waals surface area (Å²) in [6.07, 6.45) is 7.15. The van der Waals surface area contributed by atoms with Crippen LogP contribution in [0.5, 0.6) is 0 Å². The maximum Gasteiger partial charge on any atom is 0.0273 e. The first-order valence-corrected chi connectivity index (χ1v) is 4.27. The molecule has 0 atom stereocenters. The van der Waals surface area contributed by atoms with E-state index in [1.54, 1.807) is 24.8 Å². The monoisotopic (exact) mass is 184 g/mol. The molecule has 0 fully saturated rings. The zero-order valence-electron chi connectivity index (χ0n) is 7.93. The second kappa shape index (κ2) is 5.65. The van der Waals surface area contributed by atoms with Crippen LogP contribution in [0.4, 0.5) is 0 Å². The van der Waals surface area contributed by atoms with Crippen LogP contribution < -0.4 is 0 Å². The lowest BCUT2D eigenvalue weighted by Crippen LogP contribution is -1.77. The van der Waals surface area contributed by atoms with Gasteiger partial charge in [0.1, 0.15) is 0 Å². The van der Waals surface area contributed by atoms with Gasteiger partial charge in [0.2, 0.25) is 0 Å². The average Bonchev–Trinajstić information content (AvgIpc) is 2.34. The molecule has 0 N–H and O–H groups in total. The van der Waals surface area contributed by atoms with Crippen LogP contribution >= 0.6 is 0 Å². The molecule has 0 bridgehead atoms. The van der Waals surface area contributed by atoms with Crippen LogP contribution in [0.25, 0.3) is 11.1 Å². The second-order valence-corrected chi connectivity index (χ2v) is 2.47. The van der Waals surface area contributed by atoms with E-state index in [4.69, 9.17) is 0 Å². The minimum Gasteiger partial charge on any atom is -0.265 e. The Morgan fingerprint density at radius 2 is 0.929 bits per heavy atom. The second-order valence-electron chi connectivity index (χ2n) is 2.47. The molecule has 70 valence electrons. The predicted octanol–water partition coefficient (Wildman–Crippen LogP) is 2.95. The van der Waals surface area contributed by atoms with E-state index in [2.05, 4.69) is 23.1 Å². The van der Waals surface area contributed by atoms with Crippen molar-refractivity contribution in [1.29, 1.82) is 0 Å². The van der Waals surface area contributed by atoms with Crippen LogP contribution in [0.1, 0.15) is 0 Å². The first-order chi connectivity index (χ1) is 6.97. The minimum absolute atomic E-state index is 1.17. The Balaban J connectivity index is 0.000000461. The first-order valence-electron chi connectivity index (χ1n) is 4.27. The van der Waals surface area contributed by atoms with Gasteiger partial charge in [-0.1, -0.05) is 0 Å². The zero-order valence-corrected chi connectivity index (χ0v) is 7.93. The molecule has 2 aromatic heterocycles. The Labute approximate surface area is 84.0 Å². The van der Waals surface area contributed by atoms with Crippen LogP contribution in [0.2, 0.25) is 0 Å². The van der Waals surface area contributed by atoms with Crippen molar-refractivity contribution in [3.05, 3.63) is 62.2 Å². The van der Waals surface area contributed by atoms with Gasteiger partial charge >= 0.3 is 0 Å². The first kappa shape index (κ1) is 10.1. The highest BCUT2D eigenvalue weighted by Gasteiger charge is 1.92. The van der Waals surface area contributed by atoms with Crippen molar-refractivity contribution in [2.24, 2.45) is 0 Å². The van der Waals surface area contributed by atoms with Crippen molar-refractivity contribution in [2.75, 3.05) is 0 Å². The summed E-state index contributed by atoms with van der Waals surface area (Å²) in [5.41, 5.74) is 2.35. The van der Waals surface area contributed by atoms with Crippen molar-refractivity contribution in [1.82, 2.24) is 9.97 Å². The molecule has 2 aromatic rings. The molecule has 0 radical (unpaired) electrons. The molecule has 0 spiro atoms. The van der Waals surface area contributed by atoms with E-state index in [1.807, 2.05) is 24.3 Å². The number of rotatable bonds is 1. The summed E-state index contributed by atoms with van der Waals surface area (Å²) in [6.45, 7) is 6.00. The number of hydrogen-bond acceptors (Lipinski definition) is 2. The SMILES string of the molecule is C=C.c1cc(-c2ccncc2)ccn1. The molecule has 0 saturated heterocycles. The van der Waals surface area contributed by atoms with Crippen molar-refractivity contribution >= 4 is 0 Å². The van der Waals surface area contributed by atoms with E-state index in [1.165, 1.54) is 11.1 Å². The average molecular weight is 184 g/mol. The lowest BCUT2D eigenvalue weighted by molar-refractivity contribution is 1.31. The van der Waals surface area contributed by atoms with Gasteiger partial charge in [0.15, 0.2) is 0 Å². The van der Waals surface area contributed by atoms with Gasteiger partial charge in [0.05, 0.1) is 0 Å². The molecule has 0 unspecified atom stereocenters. The zero-order chi connectivity index (χ0) is 10.2. The molecule has 0 aliphatic heterocycles. The number of pyridine rings is 2. The van der Waals surface area contributed by atoms with Gasteiger partial charge < -0.3 is 0 Å². The Morgan fingerprint density at radius 1 is 0.643 bits per heavy atom. The van der Waals surface area contributed by atoms with Crippen LogP contribution in [-0.4, -0.2) is 9.97 Å². The van der Waals surface area contributed by atoms with Crippen LogP contribution in [0.3, 0.4) is 0 Å². The highest BCUT2D eigenvalue weighted by molar-refractivity contribution is 5.61. The molecule has 0 aliphatic rings. The largest absolute Gasteiger partial charge is 0.265 e. The van der Waals surface area contributed by atoms with Gasteiger partial charge in [-0.25, -0.2) is 0 Å². The standard InChI is InChI=1S/C10H8N2.C2H4/c1-5-11-6-2-9(1)10-3-7-12-8-4-10;1-2/h1-8H;1-2H2. The third kappa shape index (κ3) is 2.52. The maximum atomic E-state index is 3.96. The van der Waals surface area contributed by atoms with Gasteiger partial charge in [-0.3, -0.25) is 9.97 Å². The van der Waals surface area contributed by atoms with Crippen molar-refractivity contribution < 1.29 is 0 Å². The quantitative estimate of drug-likeness (QED) is 0.637. The molecule has 2 heteroatoms. The van der Waals surface area contributed by atoms with Crippen molar-refractivity contribution in [3.63, 3.8) is 0 Å². The molecular formula is C12H12N2. The summed E-state index contributed by atoms with van der Waals surface area (Å²) in [5, 5.41) is 0. The Hall–Kier alpha value is -1.96. The minimum atomic E-state index is 1.17. The molecule has 2 nitrogen and oxygen atoms in total. The summed E-state index contributed by atoms with van der Waals surface area (Å²) in [6, 6.07) is 7.93. The molecular weight excluding hydrogens is 172 g/mol. The van der Waals surface area contributed by atoms with Gasteiger partial charge in [0.25, 0.3) is 0 Å². The summed E-state index contributed by atoms with van der Waals surface area (Å²) >= 11 is 0. The third-order valence-corrected chi connectivity index (χ3v) is 1.69. The van der Waals surface area contributed by atoms with Crippen molar-refractivity contribution in [3.8, 4) is 11.1 Å². The van der Waals surface area contributed by atoms with E-state index in [0.717, 1.165) is 0 Å². The predicted molar refractivity (Wildman–Crippen MR) is 58.7 cm³/mol. The fourth-order valence-corrected chi connectivity index (χ4v) is 1.09. The van der Waals surface area contributed by atoms with E-state index in [0.29, 0.717) is 0 Å². The topological polar surface area (TPSA) is 25.8 Å². The maximum absolute atomic E-state index is 3.96. The van der Waals surface area contributed by atoms with Gasteiger partial charge in [-0.05, 0) is 35.4 Å². The van der Waals surface area contributed by atoms with E-state index in [-0.39, 0.29) is 0 Å². The summed E-state index contributed by atoms with van der Waals surface area (Å²) in [4.78, 5) is 7.91. The molecule has 0 amide bonds. The molecule has 0 aromatic carbocycles. The number of aromatic nitrogens is 2. The van der Waals surface area contributed by atoms with E-state index in [9.17, 15) is 0 Å². The fraction of sp³-hybridized carbons (Fsp3) is 0. The Morgan fingerprint density at radius 3 is 1.21 bits per heavy atom. The molecule has 2 heterocycles. The molecule has 14 heavy (non-hydrogen) atoms. The normalized spacial score (nSPS) is 8.57. The van der Waals surface area contributed by atoms with Gasteiger partial charge in [0, 0.05) is 24.8 Å². The van der Waals surface area contributed by atoms with E-state index < -0.39 is 0 Å². The summed E-state index contributed by atoms with van der Waals surface area (Å²) < 4.78 is 0. The van der Waals surface area contributed by atoms with Crippen LogP contribution in [-0.2, 0) is 0 Å². The Bertz CT molecular complexity index is 319. The molecule has 2 rings (SSSR count).